The van der Waals surface area contributed by atoms with E-state index in [1.165, 1.54) is 11.6 Å². The predicted molar refractivity (Wildman–Crippen MR) is 128 cm³/mol. The van der Waals surface area contributed by atoms with Crippen LogP contribution in [0.4, 0.5) is 13.2 Å². The average molecular weight is 479 g/mol. The van der Waals surface area contributed by atoms with Crippen LogP contribution >= 0.6 is 11.6 Å². The molecule has 0 amide bonds. The van der Waals surface area contributed by atoms with Crippen LogP contribution in [0.5, 0.6) is 0 Å². The van der Waals surface area contributed by atoms with E-state index in [0.717, 1.165) is 49.7 Å². The van der Waals surface area contributed by atoms with Crippen LogP contribution in [-0.2, 0) is 4.74 Å². The van der Waals surface area contributed by atoms with Crippen molar-refractivity contribution in [3.8, 4) is 11.1 Å². The fourth-order valence-corrected chi connectivity index (χ4v) is 5.98. The largest absolute Gasteiger partial charge is 0.384 e. The molecular weight excluding hydrogens is 445 g/mol. The van der Waals surface area contributed by atoms with E-state index in [1.54, 1.807) is 13.2 Å². The Morgan fingerprint density at radius 2 is 1.45 bits per heavy atom. The van der Waals surface area contributed by atoms with E-state index in [2.05, 4.69) is 12.1 Å². The maximum absolute atomic E-state index is 15.0. The number of rotatable bonds is 7. The SMILES string of the molecule is COCC1CCC(C(F)(F)CC2CCC(c3ccc(-c4ccc(Cl)c(F)c4)cc3)CC2)CC1. The summed E-state index contributed by atoms with van der Waals surface area (Å²) in [6.07, 6.45) is 6.65. The molecule has 0 aliphatic heterocycles. The van der Waals surface area contributed by atoms with E-state index >= 15 is 8.78 Å². The lowest BCUT2D eigenvalue weighted by molar-refractivity contribution is -0.0972. The van der Waals surface area contributed by atoms with Gasteiger partial charge in [-0.2, -0.15) is 0 Å². The topological polar surface area (TPSA) is 9.23 Å². The highest BCUT2D eigenvalue weighted by atomic mass is 35.5. The summed E-state index contributed by atoms with van der Waals surface area (Å²) in [6.45, 7) is 0.694. The highest BCUT2D eigenvalue weighted by Gasteiger charge is 2.43. The highest BCUT2D eigenvalue weighted by molar-refractivity contribution is 6.30. The minimum Gasteiger partial charge on any atom is -0.384 e. The van der Waals surface area contributed by atoms with Gasteiger partial charge in [-0.05, 0) is 97.9 Å². The molecule has 2 fully saturated rings. The first kappa shape index (κ1) is 24.6. The molecule has 2 saturated carbocycles. The summed E-state index contributed by atoms with van der Waals surface area (Å²) < 4.78 is 49.0. The predicted octanol–water partition coefficient (Wildman–Crippen LogP) is 8.90. The molecule has 2 aliphatic carbocycles. The van der Waals surface area contributed by atoms with E-state index in [1.807, 2.05) is 18.2 Å². The average Bonchev–Trinajstić information content (AvgIpc) is 2.82. The molecule has 0 N–H and O–H groups in total. The molecule has 0 saturated heterocycles. The Morgan fingerprint density at radius 3 is 2.06 bits per heavy atom. The summed E-state index contributed by atoms with van der Waals surface area (Å²) >= 11 is 5.78. The van der Waals surface area contributed by atoms with Crippen molar-refractivity contribution in [2.75, 3.05) is 13.7 Å². The van der Waals surface area contributed by atoms with Crippen molar-refractivity contribution in [3.63, 3.8) is 0 Å². The van der Waals surface area contributed by atoms with E-state index < -0.39 is 17.7 Å². The van der Waals surface area contributed by atoms with Crippen LogP contribution in [0, 0.1) is 23.6 Å². The van der Waals surface area contributed by atoms with Crippen molar-refractivity contribution >= 4 is 11.6 Å². The van der Waals surface area contributed by atoms with Crippen molar-refractivity contribution in [1.29, 1.82) is 0 Å². The molecule has 5 heteroatoms. The molecule has 2 aliphatic rings. The minimum atomic E-state index is -2.55. The van der Waals surface area contributed by atoms with Gasteiger partial charge in [0.2, 0.25) is 0 Å². The summed E-state index contributed by atoms with van der Waals surface area (Å²) in [5.41, 5.74) is 2.99. The smallest absolute Gasteiger partial charge is 0.251 e. The van der Waals surface area contributed by atoms with Gasteiger partial charge in [0.1, 0.15) is 5.82 Å². The quantitative estimate of drug-likeness (QED) is 0.386. The molecule has 0 heterocycles. The lowest BCUT2D eigenvalue weighted by atomic mass is 9.73. The number of alkyl halides is 2. The third-order valence-electron chi connectivity index (χ3n) is 7.89. The van der Waals surface area contributed by atoms with Crippen molar-refractivity contribution in [2.24, 2.45) is 17.8 Å². The first-order valence-electron chi connectivity index (χ1n) is 12.3. The first-order valence-corrected chi connectivity index (χ1v) is 12.7. The third-order valence-corrected chi connectivity index (χ3v) is 8.20. The fraction of sp³-hybridized carbons (Fsp3) is 0.571. The van der Waals surface area contributed by atoms with Gasteiger partial charge in [0, 0.05) is 26.1 Å². The zero-order valence-corrected chi connectivity index (χ0v) is 20.1. The Bertz CT molecular complexity index is 898. The molecule has 0 bridgehead atoms. The molecule has 4 rings (SSSR count). The first-order chi connectivity index (χ1) is 15.9. The number of halogens is 4. The lowest BCUT2D eigenvalue weighted by Crippen LogP contribution is -2.35. The van der Waals surface area contributed by atoms with Crippen LogP contribution < -0.4 is 0 Å². The Labute approximate surface area is 200 Å². The van der Waals surface area contributed by atoms with Gasteiger partial charge in [0.25, 0.3) is 5.92 Å². The van der Waals surface area contributed by atoms with Gasteiger partial charge in [0.15, 0.2) is 0 Å². The van der Waals surface area contributed by atoms with Crippen LogP contribution in [0.3, 0.4) is 0 Å². The molecule has 0 aromatic heterocycles. The molecule has 33 heavy (non-hydrogen) atoms. The number of hydrogen-bond donors (Lipinski definition) is 0. The second kappa shape index (κ2) is 10.8. The molecule has 0 spiro atoms. The summed E-state index contributed by atoms with van der Waals surface area (Å²) in [4.78, 5) is 0. The second-order valence-electron chi connectivity index (χ2n) is 10.1. The number of hydrogen-bond acceptors (Lipinski definition) is 1. The maximum Gasteiger partial charge on any atom is 0.251 e. The monoisotopic (exact) mass is 478 g/mol. The Hall–Kier alpha value is -1.52. The minimum absolute atomic E-state index is 0.0421. The Morgan fingerprint density at radius 1 is 0.848 bits per heavy atom. The second-order valence-corrected chi connectivity index (χ2v) is 10.5. The van der Waals surface area contributed by atoms with Gasteiger partial charge < -0.3 is 4.74 Å². The van der Waals surface area contributed by atoms with E-state index in [-0.39, 0.29) is 17.4 Å². The summed E-state index contributed by atoms with van der Waals surface area (Å²) in [5.74, 6) is -2.46. The Kier molecular flexibility index (Phi) is 8.07. The zero-order valence-electron chi connectivity index (χ0n) is 19.3. The molecule has 180 valence electrons. The van der Waals surface area contributed by atoms with Gasteiger partial charge in [-0.1, -0.05) is 41.9 Å². The number of benzene rings is 2. The van der Waals surface area contributed by atoms with Gasteiger partial charge in [0.05, 0.1) is 5.02 Å². The van der Waals surface area contributed by atoms with Gasteiger partial charge in [-0.25, -0.2) is 13.2 Å². The maximum atomic E-state index is 15.0. The third kappa shape index (κ3) is 6.14. The number of methoxy groups -OCH3 is 1. The van der Waals surface area contributed by atoms with E-state index in [0.29, 0.717) is 31.3 Å². The summed E-state index contributed by atoms with van der Waals surface area (Å²) in [5, 5.41) is 0.122. The van der Waals surface area contributed by atoms with Crippen LogP contribution in [0.25, 0.3) is 11.1 Å². The molecule has 0 atom stereocenters. The van der Waals surface area contributed by atoms with Crippen molar-refractivity contribution in [3.05, 3.63) is 58.9 Å². The molecule has 0 unspecified atom stereocenters. The van der Waals surface area contributed by atoms with E-state index in [9.17, 15) is 4.39 Å². The fourth-order valence-electron chi connectivity index (χ4n) is 5.86. The molecule has 2 aromatic rings. The molecule has 1 nitrogen and oxygen atoms in total. The van der Waals surface area contributed by atoms with Crippen molar-refractivity contribution in [1.82, 2.24) is 0 Å². The summed E-state index contributed by atoms with van der Waals surface area (Å²) in [7, 11) is 1.69. The van der Waals surface area contributed by atoms with Gasteiger partial charge in [-0.15, -0.1) is 0 Å². The normalized spacial score (nSPS) is 26.3. The lowest BCUT2D eigenvalue weighted by Gasteiger charge is -2.37. The van der Waals surface area contributed by atoms with Crippen LogP contribution in [0.2, 0.25) is 5.02 Å². The Balaban J connectivity index is 1.28. The highest BCUT2D eigenvalue weighted by Crippen LogP contribution is 2.46. The standard InChI is InChI=1S/C28H34ClF3O/c1-33-18-20-4-13-25(14-5-20)28(31,32)17-19-2-6-21(7-3-19)22-8-10-23(11-9-22)24-12-15-26(29)27(30)16-24/h8-12,15-16,19-21,25H,2-7,13-14,17-18H2,1H3. The van der Waals surface area contributed by atoms with Crippen molar-refractivity contribution < 1.29 is 17.9 Å². The van der Waals surface area contributed by atoms with Gasteiger partial charge >= 0.3 is 0 Å². The van der Waals surface area contributed by atoms with Crippen LogP contribution in [-0.4, -0.2) is 19.6 Å². The zero-order chi connectivity index (χ0) is 23.4. The molecule has 0 radical (unpaired) electrons. The van der Waals surface area contributed by atoms with Crippen LogP contribution in [0.1, 0.15) is 69.3 Å². The summed E-state index contributed by atoms with van der Waals surface area (Å²) in [6, 6.07) is 13.1. The molecule has 2 aromatic carbocycles. The van der Waals surface area contributed by atoms with Crippen LogP contribution in [0.15, 0.2) is 42.5 Å². The van der Waals surface area contributed by atoms with Crippen molar-refractivity contribution in [2.45, 2.75) is 69.6 Å². The molecular formula is C28H34ClF3O. The number of ether oxygens (including phenoxy) is 1. The van der Waals surface area contributed by atoms with Gasteiger partial charge in [-0.3, -0.25) is 0 Å². The van der Waals surface area contributed by atoms with E-state index in [4.69, 9.17) is 16.3 Å².